The highest BCUT2D eigenvalue weighted by Gasteiger charge is 2.31. The quantitative estimate of drug-likeness (QED) is 0.327. The van der Waals surface area contributed by atoms with E-state index in [-0.39, 0.29) is 18.0 Å². The molecule has 0 aliphatic heterocycles. The van der Waals surface area contributed by atoms with Crippen molar-refractivity contribution in [1.29, 1.82) is 0 Å². The molecule has 1 unspecified atom stereocenters. The van der Waals surface area contributed by atoms with E-state index in [0.717, 1.165) is 35.8 Å². The summed E-state index contributed by atoms with van der Waals surface area (Å²) in [4.78, 5) is 20.5. The van der Waals surface area contributed by atoms with Gasteiger partial charge in [-0.2, -0.15) is 0 Å². The molecule has 0 spiro atoms. The van der Waals surface area contributed by atoms with Crippen LogP contribution >= 0.6 is 22.9 Å². The zero-order chi connectivity index (χ0) is 23.5. The van der Waals surface area contributed by atoms with Gasteiger partial charge in [0.05, 0.1) is 11.1 Å². The number of thiophene rings is 1. The Hall–Kier alpha value is -2.73. The average molecular weight is 490 g/mol. The number of fused-ring (bicyclic) bond motifs is 1. The zero-order valence-electron chi connectivity index (χ0n) is 19.2. The largest absolute Gasteiger partial charge is 0.349 e. The molecule has 0 saturated heterocycles. The Morgan fingerprint density at radius 2 is 1.71 bits per heavy atom. The summed E-state index contributed by atoms with van der Waals surface area (Å²) in [7, 11) is 2.21. The molecule has 1 saturated carbocycles. The lowest BCUT2D eigenvalue weighted by Gasteiger charge is -2.39. The molecule has 1 N–H and O–H groups in total. The number of hydrogen-bond donors (Lipinski definition) is 1. The third-order valence-corrected chi connectivity index (χ3v) is 8.55. The molecule has 1 fully saturated rings. The summed E-state index contributed by atoms with van der Waals surface area (Å²) in [6.07, 6.45) is 7.77. The fourth-order valence-electron chi connectivity index (χ4n) is 5.09. The van der Waals surface area contributed by atoms with Crippen molar-refractivity contribution in [2.75, 3.05) is 7.05 Å². The van der Waals surface area contributed by atoms with Gasteiger partial charge in [0.25, 0.3) is 5.91 Å². The van der Waals surface area contributed by atoms with Crippen LogP contribution in [0.5, 0.6) is 0 Å². The van der Waals surface area contributed by atoms with Crippen LogP contribution in [-0.2, 0) is 0 Å². The number of benzene rings is 2. The van der Waals surface area contributed by atoms with Gasteiger partial charge in [-0.1, -0.05) is 66.2 Å². The molecule has 6 heteroatoms. The predicted molar refractivity (Wildman–Crippen MR) is 141 cm³/mol. The van der Waals surface area contributed by atoms with E-state index >= 15 is 0 Å². The maximum atomic E-state index is 13.0. The second kappa shape index (κ2) is 10.3. The van der Waals surface area contributed by atoms with Gasteiger partial charge >= 0.3 is 0 Å². The molecule has 2 aromatic heterocycles. The molecule has 2 aromatic carbocycles. The summed E-state index contributed by atoms with van der Waals surface area (Å²) in [6, 6.07) is 23.5. The number of pyridine rings is 1. The lowest BCUT2D eigenvalue weighted by Crippen LogP contribution is -2.44. The normalized spacial score (nSPS) is 19.3. The molecule has 4 aromatic rings. The van der Waals surface area contributed by atoms with Gasteiger partial charge in [-0.15, -0.1) is 11.3 Å². The first kappa shape index (κ1) is 23.0. The molecular formula is C28H28ClN3OS. The average Bonchev–Trinajstić information content (AvgIpc) is 3.22. The fourth-order valence-corrected chi connectivity index (χ4v) is 6.51. The van der Waals surface area contributed by atoms with Crippen molar-refractivity contribution >= 4 is 38.9 Å². The van der Waals surface area contributed by atoms with Gasteiger partial charge in [0.15, 0.2) is 0 Å². The zero-order valence-corrected chi connectivity index (χ0v) is 20.7. The van der Waals surface area contributed by atoms with E-state index in [0.29, 0.717) is 15.9 Å². The Kier molecular flexibility index (Phi) is 6.95. The first-order valence-electron chi connectivity index (χ1n) is 11.8. The summed E-state index contributed by atoms with van der Waals surface area (Å²) in [6.45, 7) is 0. The van der Waals surface area contributed by atoms with Crippen LogP contribution in [0.25, 0.3) is 10.1 Å². The number of amides is 1. The van der Waals surface area contributed by atoms with Crippen molar-refractivity contribution in [2.45, 2.75) is 43.8 Å². The molecule has 5 rings (SSSR count). The fraction of sp³-hybridized carbons (Fsp3) is 0.286. The maximum Gasteiger partial charge on any atom is 0.263 e. The number of nitrogens with one attached hydrogen (secondary N) is 1. The van der Waals surface area contributed by atoms with Crippen molar-refractivity contribution < 1.29 is 4.79 Å². The van der Waals surface area contributed by atoms with Crippen LogP contribution in [0, 0.1) is 0 Å². The van der Waals surface area contributed by atoms with Crippen LogP contribution in [0.1, 0.15) is 52.5 Å². The third-order valence-electron chi connectivity index (χ3n) is 6.87. The van der Waals surface area contributed by atoms with Crippen LogP contribution in [0.3, 0.4) is 0 Å². The number of nitrogens with zero attached hydrogens (tertiary/aromatic N) is 2. The molecule has 0 bridgehead atoms. The van der Waals surface area contributed by atoms with Gasteiger partial charge in [-0.3, -0.25) is 14.7 Å². The summed E-state index contributed by atoms with van der Waals surface area (Å²) in [5.41, 5.74) is 2.47. The van der Waals surface area contributed by atoms with Gasteiger partial charge in [0.2, 0.25) is 0 Å². The first-order valence-corrected chi connectivity index (χ1v) is 13.0. The minimum atomic E-state index is -0.0551. The monoisotopic (exact) mass is 489 g/mol. The van der Waals surface area contributed by atoms with Crippen molar-refractivity contribution in [3.05, 3.63) is 100 Å². The standard InChI is InChI=1S/C28H28ClN3OS/c1-32(26(19-8-3-2-4-9-19)20-10-7-17-30-18-20)22-15-13-21(14-16-22)31-28(33)27-25(29)23-11-5-6-12-24(23)34-27/h2-12,17-18,21-22,26H,13-16H2,1H3,(H,31,33). The van der Waals surface area contributed by atoms with E-state index in [1.807, 2.05) is 42.7 Å². The van der Waals surface area contributed by atoms with Gasteiger partial charge in [-0.05, 0) is 56.0 Å². The Balaban J connectivity index is 1.26. The lowest BCUT2D eigenvalue weighted by atomic mass is 9.88. The summed E-state index contributed by atoms with van der Waals surface area (Å²) >= 11 is 7.99. The summed E-state index contributed by atoms with van der Waals surface area (Å²) in [5.74, 6) is -0.0551. The second-order valence-electron chi connectivity index (χ2n) is 8.99. The maximum absolute atomic E-state index is 13.0. The van der Waals surface area contributed by atoms with Crippen LogP contribution in [0.2, 0.25) is 5.02 Å². The molecule has 1 aliphatic carbocycles. The first-order chi connectivity index (χ1) is 16.6. The van der Waals surface area contributed by atoms with Crippen molar-refractivity contribution in [3.8, 4) is 0 Å². The molecule has 2 heterocycles. The Morgan fingerprint density at radius 3 is 2.41 bits per heavy atom. The highest BCUT2D eigenvalue weighted by Crippen LogP contribution is 2.36. The van der Waals surface area contributed by atoms with Crippen molar-refractivity contribution in [1.82, 2.24) is 15.2 Å². The number of aromatic nitrogens is 1. The molecule has 0 radical (unpaired) electrons. The number of carbonyl (C=O) groups excluding carboxylic acids is 1. The van der Waals surface area contributed by atoms with Crippen LogP contribution < -0.4 is 5.32 Å². The van der Waals surface area contributed by atoms with E-state index in [4.69, 9.17) is 11.6 Å². The number of hydrogen-bond acceptors (Lipinski definition) is 4. The molecule has 34 heavy (non-hydrogen) atoms. The van der Waals surface area contributed by atoms with Gasteiger partial charge < -0.3 is 5.32 Å². The van der Waals surface area contributed by atoms with Crippen molar-refractivity contribution in [2.24, 2.45) is 0 Å². The minimum Gasteiger partial charge on any atom is -0.349 e. The minimum absolute atomic E-state index is 0.0551. The molecule has 174 valence electrons. The molecule has 1 atom stereocenters. The summed E-state index contributed by atoms with van der Waals surface area (Å²) < 4.78 is 1.05. The Bertz CT molecular complexity index is 1210. The number of carbonyl (C=O) groups is 1. The Morgan fingerprint density at radius 1 is 1.00 bits per heavy atom. The van der Waals surface area contributed by atoms with Gasteiger partial charge in [0, 0.05) is 34.6 Å². The van der Waals surface area contributed by atoms with Gasteiger partial charge in [-0.25, -0.2) is 0 Å². The number of rotatable bonds is 6. The Labute approximate surface area is 209 Å². The lowest BCUT2D eigenvalue weighted by molar-refractivity contribution is 0.0906. The van der Waals surface area contributed by atoms with Crippen molar-refractivity contribution in [3.63, 3.8) is 0 Å². The SMILES string of the molecule is CN(C1CCC(NC(=O)c2sc3ccccc3c2Cl)CC1)C(c1ccccc1)c1cccnc1. The number of halogens is 1. The highest BCUT2D eigenvalue weighted by atomic mass is 35.5. The smallest absolute Gasteiger partial charge is 0.263 e. The van der Waals surface area contributed by atoms with E-state index in [1.54, 1.807) is 0 Å². The van der Waals surface area contributed by atoms with E-state index in [2.05, 4.69) is 58.6 Å². The second-order valence-corrected chi connectivity index (χ2v) is 10.4. The van der Waals surface area contributed by atoms with Crippen LogP contribution in [0.4, 0.5) is 0 Å². The summed E-state index contributed by atoms with van der Waals surface area (Å²) in [5, 5.41) is 4.76. The van der Waals surface area contributed by atoms with E-state index < -0.39 is 0 Å². The van der Waals surface area contributed by atoms with E-state index in [9.17, 15) is 4.79 Å². The topological polar surface area (TPSA) is 45.2 Å². The van der Waals surface area contributed by atoms with Crippen LogP contribution in [0.15, 0.2) is 79.1 Å². The predicted octanol–water partition coefficient (Wildman–Crippen LogP) is 6.71. The third kappa shape index (κ3) is 4.74. The highest BCUT2D eigenvalue weighted by molar-refractivity contribution is 7.21. The molecule has 1 aliphatic rings. The molecule has 1 amide bonds. The van der Waals surface area contributed by atoms with Crippen LogP contribution in [-0.4, -0.2) is 34.9 Å². The van der Waals surface area contributed by atoms with E-state index in [1.165, 1.54) is 22.5 Å². The molecular weight excluding hydrogens is 462 g/mol. The van der Waals surface area contributed by atoms with Gasteiger partial charge in [0.1, 0.15) is 4.88 Å². The molecule has 4 nitrogen and oxygen atoms in total.